The first-order chi connectivity index (χ1) is 6.83. The lowest BCUT2D eigenvalue weighted by molar-refractivity contribution is -0.297. The maximum absolute atomic E-state index is 12.3. The van der Waals surface area contributed by atoms with E-state index in [1.54, 1.807) is 0 Å². The Morgan fingerprint density at radius 1 is 1.20 bits per heavy atom. The van der Waals surface area contributed by atoms with Gasteiger partial charge in [0, 0.05) is 6.04 Å². The molecule has 15 heavy (non-hydrogen) atoms. The average Bonchev–Trinajstić information content (AvgIpc) is 2.54. The van der Waals surface area contributed by atoms with Crippen molar-refractivity contribution in [3.8, 4) is 0 Å². The highest BCUT2D eigenvalue weighted by Crippen LogP contribution is 2.35. The van der Waals surface area contributed by atoms with Gasteiger partial charge in [-0.2, -0.15) is 22.0 Å². The van der Waals surface area contributed by atoms with Gasteiger partial charge in [-0.3, -0.25) is 0 Å². The van der Waals surface area contributed by atoms with Crippen molar-refractivity contribution in [3.63, 3.8) is 0 Å². The third-order valence-electron chi connectivity index (χ3n) is 2.18. The molecule has 1 unspecified atom stereocenters. The summed E-state index contributed by atoms with van der Waals surface area (Å²) in [6.07, 6.45) is -3.89. The van der Waals surface area contributed by atoms with Crippen LogP contribution >= 0.6 is 0 Å². The standard InChI is InChI=1S/C8H12F5NO/c9-7(10,8(11,12)13)5-15-4-6-2-1-3-14-6/h6,14H,1-5H2. The average molecular weight is 233 g/mol. The van der Waals surface area contributed by atoms with Gasteiger partial charge >= 0.3 is 12.1 Å². The van der Waals surface area contributed by atoms with Crippen LogP contribution in [0.1, 0.15) is 12.8 Å². The van der Waals surface area contributed by atoms with Crippen LogP contribution in [0.15, 0.2) is 0 Å². The van der Waals surface area contributed by atoms with E-state index in [1.165, 1.54) is 0 Å². The summed E-state index contributed by atoms with van der Waals surface area (Å²) in [5.41, 5.74) is 0. The van der Waals surface area contributed by atoms with Gasteiger partial charge in [0.15, 0.2) is 0 Å². The molecule has 1 saturated heterocycles. The van der Waals surface area contributed by atoms with Crippen molar-refractivity contribution < 1.29 is 26.7 Å². The Morgan fingerprint density at radius 2 is 1.87 bits per heavy atom. The number of hydrogen-bond donors (Lipinski definition) is 1. The van der Waals surface area contributed by atoms with Crippen LogP contribution in [0.5, 0.6) is 0 Å². The molecule has 0 aliphatic carbocycles. The highest BCUT2D eigenvalue weighted by Gasteiger charge is 2.57. The largest absolute Gasteiger partial charge is 0.455 e. The van der Waals surface area contributed by atoms with Crippen molar-refractivity contribution in [2.45, 2.75) is 31.0 Å². The summed E-state index contributed by atoms with van der Waals surface area (Å²) in [6.45, 7) is -0.954. The molecule has 0 aromatic rings. The van der Waals surface area contributed by atoms with Crippen molar-refractivity contribution >= 4 is 0 Å². The Balaban J connectivity index is 2.23. The lowest BCUT2D eigenvalue weighted by atomic mass is 10.2. The molecule has 1 rings (SSSR count). The topological polar surface area (TPSA) is 21.3 Å². The second kappa shape index (κ2) is 4.61. The van der Waals surface area contributed by atoms with Crippen molar-refractivity contribution in [2.75, 3.05) is 19.8 Å². The SMILES string of the molecule is FC(F)(F)C(F)(F)COCC1CCCN1. The Kier molecular flexibility index (Phi) is 3.88. The maximum atomic E-state index is 12.3. The van der Waals surface area contributed by atoms with Gasteiger partial charge in [0.05, 0.1) is 6.61 Å². The summed E-state index contributed by atoms with van der Waals surface area (Å²) in [5.74, 6) is -4.76. The quantitative estimate of drug-likeness (QED) is 0.749. The number of nitrogens with one attached hydrogen (secondary N) is 1. The van der Waals surface area contributed by atoms with Crippen molar-refractivity contribution in [1.29, 1.82) is 0 Å². The smallest absolute Gasteiger partial charge is 0.373 e. The molecular weight excluding hydrogens is 221 g/mol. The molecular formula is C8H12F5NO. The Labute approximate surface area is 83.8 Å². The van der Waals surface area contributed by atoms with Crippen molar-refractivity contribution in [1.82, 2.24) is 5.32 Å². The summed E-state index contributed by atoms with van der Waals surface area (Å²) in [5, 5.41) is 2.93. The molecule has 90 valence electrons. The first kappa shape index (κ1) is 12.6. The Hall–Kier alpha value is -0.430. The molecule has 0 aromatic carbocycles. The second-order valence-corrected chi connectivity index (χ2v) is 3.51. The second-order valence-electron chi connectivity index (χ2n) is 3.51. The van der Waals surface area contributed by atoms with Gasteiger partial charge in [-0.25, -0.2) is 0 Å². The highest BCUT2D eigenvalue weighted by atomic mass is 19.4. The predicted molar refractivity (Wildman–Crippen MR) is 42.8 cm³/mol. The molecule has 0 amide bonds. The number of halogens is 5. The summed E-state index contributed by atoms with van der Waals surface area (Å²) < 4.78 is 64.1. The summed E-state index contributed by atoms with van der Waals surface area (Å²) >= 11 is 0. The molecule has 1 heterocycles. The van der Waals surface area contributed by atoms with Gasteiger partial charge in [-0.05, 0) is 19.4 Å². The van der Waals surface area contributed by atoms with E-state index in [9.17, 15) is 22.0 Å². The molecule has 0 bridgehead atoms. The summed E-state index contributed by atoms with van der Waals surface area (Å²) in [6, 6.07) is -0.103. The number of rotatable bonds is 4. The first-order valence-electron chi connectivity index (χ1n) is 4.58. The van der Waals surface area contributed by atoms with Gasteiger partial charge < -0.3 is 10.1 Å². The molecule has 1 aliphatic rings. The Morgan fingerprint density at radius 3 is 2.33 bits per heavy atom. The summed E-state index contributed by atoms with van der Waals surface area (Å²) in [4.78, 5) is 0. The van der Waals surface area contributed by atoms with Gasteiger partial charge in [-0.1, -0.05) is 0 Å². The van der Waals surface area contributed by atoms with Crippen LogP contribution in [0, 0.1) is 0 Å². The summed E-state index contributed by atoms with van der Waals surface area (Å²) in [7, 11) is 0. The van der Waals surface area contributed by atoms with E-state index in [0.717, 1.165) is 19.4 Å². The van der Waals surface area contributed by atoms with Crippen LogP contribution in [-0.2, 0) is 4.74 Å². The normalized spacial score (nSPS) is 23.4. The van der Waals surface area contributed by atoms with Gasteiger partial charge in [-0.15, -0.1) is 0 Å². The molecule has 2 nitrogen and oxygen atoms in total. The van der Waals surface area contributed by atoms with Crippen molar-refractivity contribution in [3.05, 3.63) is 0 Å². The number of alkyl halides is 5. The minimum Gasteiger partial charge on any atom is -0.373 e. The molecule has 7 heteroatoms. The van der Waals surface area contributed by atoms with E-state index in [-0.39, 0.29) is 12.6 Å². The van der Waals surface area contributed by atoms with E-state index in [0.29, 0.717) is 0 Å². The first-order valence-corrected chi connectivity index (χ1v) is 4.58. The van der Waals surface area contributed by atoms with Crippen LogP contribution in [0.3, 0.4) is 0 Å². The molecule has 1 aliphatic heterocycles. The van der Waals surface area contributed by atoms with Gasteiger partial charge in [0.1, 0.15) is 6.61 Å². The minimum absolute atomic E-state index is 0.103. The third kappa shape index (κ3) is 3.57. The van der Waals surface area contributed by atoms with Crippen LogP contribution in [0.4, 0.5) is 22.0 Å². The van der Waals surface area contributed by atoms with E-state index < -0.39 is 18.7 Å². The molecule has 1 atom stereocenters. The fraction of sp³-hybridized carbons (Fsp3) is 1.00. The lowest BCUT2D eigenvalue weighted by Gasteiger charge is -2.20. The predicted octanol–water partition coefficient (Wildman–Crippen LogP) is 1.95. The monoisotopic (exact) mass is 233 g/mol. The van der Waals surface area contributed by atoms with Crippen LogP contribution < -0.4 is 5.32 Å². The van der Waals surface area contributed by atoms with E-state index in [2.05, 4.69) is 10.1 Å². The third-order valence-corrected chi connectivity index (χ3v) is 2.18. The lowest BCUT2D eigenvalue weighted by Crippen LogP contribution is -2.42. The minimum atomic E-state index is -5.53. The zero-order valence-electron chi connectivity index (χ0n) is 7.91. The molecule has 0 aromatic heterocycles. The molecule has 0 radical (unpaired) electrons. The highest BCUT2D eigenvalue weighted by molar-refractivity contribution is 4.77. The van der Waals surface area contributed by atoms with Gasteiger partial charge in [0.2, 0.25) is 0 Å². The van der Waals surface area contributed by atoms with Crippen molar-refractivity contribution in [2.24, 2.45) is 0 Å². The molecule has 0 spiro atoms. The zero-order valence-corrected chi connectivity index (χ0v) is 7.91. The number of ether oxygens (including phenoxy) is 1. The molecule has 1 N–H and O–H groups in total. The van der Waals surface area contributed by atoms with E-state index in [4.69, 9.17) is 0 Å². The van der Waals surface area contributed by atoms with Gasteiger partial charge in [0.25, 0.3) is 0 Å². The Bertz CT molecular complexity index is 200. The van der Waals surface area contributed by atoms with Crippen LogP contribution in [0.25, 0.3) is 0 Å². The van der Waals surface area contributed by atoms with Crippen LogP contribution in [0.2, 0.25) is 0 Å². The number of hydrogen-bond acceptors (Lipinski definition) is 2. The van der Waals surface area contributed by atoms with E-state index in [1.807, 2.05) is 0 Å². The fourth-order valence-corrected chi connectivity index (χ4v) is 1.31. The van der Waals surface area contributed by atoms with Crippen LogP contribution in [-0.4, -0.2) is 37.9 Å². The molecule has 1 fully saturated rings. The maximum Gasteiger partial charge on any atom is 0.455 e. The van der Waals surface area contributed by atoms with E-state index >= 15 is 0 Å². The molecule has 0 saturated carbocycles. The fourth-order valence-electron chi connectivity index (χ4n) is 1.31. The zero-order chi connectivity index (χ0) is 11.5.